The van der Waals surface area contributed by atoms with E-state index in [1.165, 1.54) is 0 Å². The molecule has 1 aromatic heterocycles. The van der Waals surface area contributed by atoms with E-state index in [9.17, 15) is 4.79 Å². The zero-order chi connectivity index (χ0) is 11.8. The quantitative estimate of drug-likeness (QED) is 0.719. The lowest BCUT2D eigenvalue weighted by Gasteiger charge is -2.19. The summed E-state index contributed by atoms with van der Waals surface area (Å²) in [5.41, 5.74) is 0.333. The lowest BCUT2D eigenvalue weighted by atomic mass is 9.89. The summed E-state index contributed by atoms with van der Waals surface area (Å²) in [5.74, 6) is 0.136. The van der Waals surface area contributed by atoms with Gasteiger partial charge < -0.3 is 4.74 Å². The Labute approximate surface area is 95.6 Å². The van der Waals surface area contributed by atoms with E-state index in [1.807, 2.05) is 25.5 Å². The van der Waals surface area contributed by atoms with Crippen LogP contribution in [0.2, 0.25) is 0 Å². The van der Waals surface area contributed by atoms with Crippen LogP contribution in [-0.4, -0.2) is 28.8 Å². The van der Waals surface area contributed by atoms with E-state index in [4.69, 9.17) is 4.74 Å². The summed E-state index contributed by atoms with van der Waals surface area (Å²) in [4.78, 5) is 12.2. The van der Waals surface area contributed by atoms with E-state index in [2.05, 4.69) is 5.10 Å². The molecular formula is C12H18N2O2. The molecule has 0 amide bonds. The maximum Gasteiger partial charge on any atom is 0.186 e. The Morgan fingerprint density at radius 1 is 1.56 bits per heavy atom. The summed E-state index contributed by atoms with van der Waals surface area (Å²) in [6.07, 6.45) is 2.63. The standard InChI is InChI=1S/C12H18N2O2/c1-12(2,3)11(15)10-4-6-13-14(10)9-5-7-16-8-9/h4,6,9H,5,7-8H2,1-3H3. The van der Waals surface area contributed by atoms with Gasteiger partial charge in [0.2, 0.25) is 0 Å². The third kappa shape index (κ3) is 2.02. The summed E-state index contributed by atoms with van der Waals surface area (Å²) in [6.45, 7) is 7.20. The van der Waals surface area contributed by atoms with E-state index in [0.29, 0.717) is 12.3 Å². The molecule has 1 unspecified atom stereocenters. The third-order valence-electron chi connectivity index (χ3n) is 2.84. The highest BCUT2D eigenvalue weighted by molar-refractivity contribution is 5.98. The van der Waals surface area contributed by atoms with Crippen LogP contribution >= 0.6 is 0 Å². The minimum absolute atomic E-state index is 0.136. The van der Waals surface area contributed by atoms with Gasteiger partial charge in [-0.2, -0.15) is 5.10 Å². The van der Waals surface area contributed by atoms with Gasteiger partial charge in [-0.05, 0) is 12.5 Å². The molecule has 1 saturated heterocycles. The van der Waals surface area contributed by atoms with Gasteiger partial charge in [0.05, 0.1) is 12.6 Å². The van der Waals surface area contributed by atoms with Crippen molar-refractivity contribution in [1.29, 1.82) is 0 Å². The molecular weight excluding hydrogens is 204 g/mol. The number of hydrogen-bond donors (Lipinski definition) is 0. The minimum Gasteiger partial charge on any atom is -0.379 e. The Bertz CT molecular complexity index is 384. The Morgan fingerprint density at radius 3 is 2.88 bits per heavy atom. The van der Waals surface area contributed by atoms with Crippen molar-refractivity contribution in [3.63, 3.8) is 0 Å². The summed E-state index contributed by atoms with van der Waals surface area (Å²) >= 11 is 0. The number of hydrogen-bond acceptors (Lipinski definition) is 3. The fourth-order valence-corrected chi connectivity index (χ4v) is 1.88. The van der Waals surface area contributed by atoms with Crippen molar-refractivity contribution in [2.45, 2.75) is 33.2 Å². The second kappa shape index (κ2) is 4.01. The molecule has 0 saturated carbocycles. The number of carbonyl (C=O) groups excluding carboxylic acids is 1. The first kappa shape index (κ1) is 11.3. The molecule has 88 valence electrons. The van der Waals surface area contributed by atoms with Gasteiger partial charge in [-0.1, -0.05) is 20.8 Å². The van der Waals surface area contributed by atoms with Crippen LogP contribution in [0.1, 0.15) is 43.7 Å². The zero-order valence-corrected chi connectivity index (χ0v) is 10.1. The third-order valence-corrected chi connectivity index (χ3v) is 2.84. The van der Waals surface area contributed by atoms with Crippen LogP contribution in [0.4, 0.5) is 0 Å². The van der Waals surface area contributed by atoms with Crippen molar-refractivity contribution >= 4 is 5.78 Å². The first-order chi connectivity index (χ1) is 7.50. The molecule has 1 aliphatic rings. The van der Waals surface area contributed by atoms with Gasteiger partial charge in [-0.25, -0.2) is 0 Å². The molecule has 1 atom stereocenters. The van der Waals surface area contributed by atoms with Gasteiger partial charge in [0.1, 0.15) is 5.69 Å². The van der Waals surface area contributed by atoms with E-state index in [-0.39, 0.29) is 17.2 Å². The summed E-state index contributed by atoms with van der Waals surface area (Å²) in [5, 5.41) is 4.25. The number of aromatic nitrogens is 2. The second-order valence-corrected chi connectivity index (χ2v) is 5.26. The van der Waals surface area contributed by atoms with Crippen LogP contribution in [0.5, 0.6) is 0 Å². The van der Waals surface area contributed by atoms with Crippen LogP contribution < -0.4 is 0 Å². The Hall–Kier alpha value is -1.16. The molecule has 2 rings (SSSR count). The largest absolute Gasteiger partial charge is 0.379 e. The van der Waals surface area contributed by atoms with E-state index < -0.39 is 0 Å². The number of Topliss-reactive ketones (excluding diaryl/α,β-unsaturated/α-hetero) is 1. The summed E-state index contributed by atoms with van der Waals surface area (Å²) < 4.78 is 7.15. The van der Waals surface area contributed by atoms with Crippen molar-refractivity contribution in [3.8, 4) is 0 Å². The maximum atomic E-state index is 12.2. The van der Waals surface area contributed by atoms with Gasteiger partial charge >= 0.3 is 0 Å². The van der Waals surface area contributed by atoms with Crippen LogP contribution in [-0.2, 0) is 4.74 Å². The molecule has 4 heteroatoms. The van der Waals surface area contributed by atoms with Crippen molar-refractivity contribution in [2.75, 3.05) is 13.2 Å². The van der Waals surface area contributed by atoms with Crippen LogP contribution in [0, 0.1) is 5.41 Å². The molecule has 1 fully saturated rings. The average molecular weight is 222 g/mol. The van der Waals surface area contributed by atoms with Crippen molar-refractivity contribution < 1.29 is 9.53 Å². The second-order valence-electron chi connectivity index (χ2n) is 5.26. The predicted molar refractivity (Wildman–Crippen MR) is 60.5 cm³/mol. The highest BCUT2D eigenvalue weighted by Crippen LogP contribution is 2.25. The van der Waals surface area contributed by atoms with Crippen LogP contribution in [0.15, 0.2) is 12.3 Å². The van der Waals surface area contributed by atoms with Crippen molar-refractivity contribution in [3.05, 3.63) is 18.0 Å². The zero-order valence-electron chi connectivity index (χ0n) is 10.1. The first-order valence-electron chi connectivity index (χ1n) is 5.66. The lowest BCUT2D eigenvalue weighted by Crippen LogP contribution is -2.25. The lowest BCUT2D eigenvalue weighted by molar-refractivity contribution is 0.0842. The molecule has 0 N–H and O–H groups in total. The molecule has 4 nitrogen and oxygen atoms in total. The molecule has 0 spiro atoms. The monoisotopic (exact) mass is 222 g/mol. The molecule has 1 aromatic rings. The molecule has 2 heterocycles. The molecule has 0 bridgehead atoms. The number of nitrogens with zero attached hydrogens (tertiary/aromatic N) is 2. The smallest absolute Gasteiger partial charge is 0.186 e. The van der Waals surface area contributed by atoms with E-state index in [0.717, 1.165) is 13.0 Å². The molecule has 0 radical (unpaired) electrons. The molecule has 16 heavy (non-hydrogen) atoms. The van der Waals surface area contributed by atoms with Gasteiger partial charge in [-0.15, -0.1) is 0 Å². The van der Waals surface area contributed by atoms with Crippen LogP contribution in [0.25, 0.3) is 0 Å². The summed E-state index contributed by atoms with van der Waals surface area (Å²) in [6, 6.07) is 2.02. The average Bonchev–Trinajstić information content (AvgIpc) is 2.85. The van der Waals surface area contributed by atoms with E-state index in [1.54, 1.807) is 12.3 Å². The number of ether oxygens (including phenoxy) is 1. The van der Waals surface area contributed by atoms with Gasteiger partial charge in [0, 0.05) is 18.2 Å². The number of rotatable bonds is 2. The number of ketones is 1. The fraction of sp³-hybridized carbons (Fsp3) is 0.667. The van der Waals surface area contributed by atoms with Gasteiger partial charge in [0.25, 0.3) is 0 Å². The number of carbonyl (C=O) groups is 1. The van der Waals surface area contributed by atoms with Crippen molar-refractivity contribution in [2.24, 2.45) is 5.41 Å². The van der Waals surface area contributed by atoms with Gasteiger partial charge in [-0.3, -0.25) is 9.48 Å². The Balaban J connectivity index is 2.28. The topological polar surface area (TPSA) is 44.1 Å². The Kier molecular flexibility index (Phi) is 2.84. The normalized spacial score (nSPS) is 21.3. The Morgan fingerprint density at radius 2 is 2.31 bits per heavy atom. The van der Waals surface area contributed by atoms with Crippen molar-refractivity contribution in [1.82, 2.24) is 9.78 Å². The molecule has 0 aliphatic carbocycles. The molecule has 1 aliphatic heterocycles. The van der Waals surface area contributed by atoms with Gasteiger partial charge in [0.15, 0.2) is 5.78 Å². The van der Waals surface area contributed by atoms with E-state index >= 15 is 0 Å². The summed E-state index contributed by atoms with van der Waals surface area (Å²) in [7, 11) is 0. The molecule has 0 aromatic carbocycles. The maximum absolute atomic E-state index is 12.2. The predicted octanol–water partition coefficient (Wildman–Crippen LogP) is 2.07. The fourth-order valence-electron chi connectivity index (χ4n) is 1.88. The minimum atomic E-state index is -0.364. The SMILES string of the molecule is CC(C)(C)C(=O)c1ccnn1C1CCOC1. The highest BCUT2D eigenvalue weighted by Gasteiger charge is 2.29. The highest BCUT2D eigenvalue weighted by atomic mass is 16.5. The first-order valence-corrected chi connectivity index (χ1v) is 5.66. The van der Waals surface area contributed by atoms with Crippen LogP contribution in [0.3, 0.4) is 0 Å².